The van der Waals surface area contributed by atoms with Crippen LogP contribution in [-0.4, -0.2) is 8.07 Å². The lowest BCUT2D eigenvalue weighted by Gasteiger charge is -2.39. The molecule has 1 unspecified atom stereocenters. The Hall–Kier alpha value is -2.64. The Morgan fingerprint density at radius 1 is 0.423 bits per heavy atom. The van der Waals surface area contributed by atoms with Crippen LogP contribution in [0.25, 0.3) is 0 Å². The van der Waals surface area contributed by atoms with Crippen molar-refractivity contribution in [2.75, 3.05) is 0 Å². The predicted octanol–water partition coefficient (Wildman–Crippen LogP) is 13.5. The van der Waals surface area contributed by atoms with E-state index in [4.69, 9.17) is 0 Å². The third-order valence-corrected chi connectivity index (χ3v) is 17.6. The van der Waals surface area contributed by atoms with E-state index < -0.39 is 8.07 Å². The average Bonchev–Trinajstić information content (AvgIpc) is 3.35. The molecule has 52 heavy (non-hydrogen) atoms. The molecule has 1 atom stereocenters. The van der Waals surface area contributed by atoms with E-state index in [-0.39, 0.29) is 0 Å². The molecule has 0 N–H and O–H groups in total. The van der Waals surface area contributed by atoms with Gasteiger partial charge in [-0.1, -0.05) is 195 Å². The van der Waals surface area contributed by atoms with Crippen LogP contribution >= 0.6 is 0 Å². The van der Waals surface area contributed by atoms with Crippen LogP contribution in [0, 0.1) is 5.92 Å². The van der Waals surface area contributed by atoms with E-state index in [1.165, 1.54) is 134 Å². The first-order chi connectivity index (χ1) is 25.3. The van der Waals surface area contributed by atoms with Gasteiger partial charge in [0, 0.05) is 0 Å². The Morgan fingerprint density at radius 3 is 1.10 bits per heavy atom. The quantitative estimate of drug-likeness (QED) is 0.0492. The third kappa shape index (κ3) is 10.7. The zero-order valence-corrected chi connectivity index (χ0v) is 36.1. The van der Waals surface area contributed by atoms with E-state index in [1.807, 2.05) is 0 Å². The first kappa shape index (κ1) is 42.1. The Balaban J connectivity index is 2.05. The smallest absolute Gasteiger partial charge is 0.0654 e. The van der Waals surface area contributed by atoms with E-state index in [0.29, 0.717) is 5.92 Å². The molecule has 0 saturated carbocycles. The van der Waals surface area contributed by atoms with E-state index in [0.717, 1.165) is 0 Å². The van der Waals surface area contributed by atoms with Crippen LogP contribution in [0.1, 0.15) is 180 Å². The van der Waals surface area contributed by atoms with Crippen LogP contribution in [-0.2, 0) is 25.7 Å². The molecule has 0 radical (unpaired) electrons. The fraction of sp³-hybridized carbons (Fsp3) is 0.569. The van der Waals surface area contributed by atoms with Gasteiger partial charge in [0.25, 0.3) is 0 Å². The van der Waals surface area contributed by atoms with Gasteiger partial charge < -0.3 is 0 Å². The largest absolute Gasteiger partial charge is 0.176 e. The maximum atomic E-state index is 2.73. The van der Waals surface area contributed by atoms with Gasteiger partial charge in [0.05, 0.1) is 0 Å². The molecule has 0 aliphatic heterocycles. The summed E-state index contributed by atoms with van der Waals surface area (Å²) in [6.07, 6.45) is 25.8. The van der Waals surface area contributed by atoms with Crippen molar-refractivity contribution < 1.29 is 0 Å². The molecule has 0 spiro atoms. The van der Waals surface area contributed by atoms with Gasteiger partial charge in [-0.2, -0.15) is 0 Å². The van der Waals surface area contributed by atoms with Crippen LogP contribution in [0.3, 0.4) is 0 Å². The second-order valence-corrected chi connectivity index (χ2v) is 20.3. The van der Waals surface area contributed by atoms with Crippen molar-refractivity contribution >= 4 is 23.6 Å². The average molecular weight is 717 g/mol. The van der Waals surface area contributed by atoms with Crippen LogP contribution in [0.4, 0.5) is 0 Å². The van der Waals surface area contributed by atoms with Gasteiger partial charge in [-0.15, -0.1) is 0 Å². The van der Waals surface area contributed by atoms with Crippen molar-refractivity contribution in [3.05, 3.63) is 111 Å². The Kier molecular flexibility index (Phi) is 17.7. The number of hydrogen-bond acceptors (Lipinski definition) is 0. The van der Waals surface area contributed by atoms with Gasteiger partial charge in [0.1, 0.15) is 0 Å². The van der Waals surface area contributed by atoms with Gasteiger partial charge in [0.15, 0.2) is 8.07 Å². The molecule has 284 valence electrons. The van der Waals surface area contributed by atoms with E-state index in [1.54, 1.807) is 54.2 Å². The SMILES string of the molecule is CCCCCCc1cc(CCCCCC)cc([Si](C2=C(C)C(C)=C(C)C2C)(c2ccccc2)c2cc(CCCCCC)cc(CCCCCC)c2)c1. The lowest BCUT2D eigenvalue weighted by atomic mass is 10.0. The number of aryl methyl sites for hydroxylation is 4. The molecule has 4 rings (SSSR count). The number of hydrogen-bond donors (Lipinski definition) is 0. The van der Waals surface area contributed by atoms with Crippen molar-refractivity contribution in [1.29, 1.82) is 0 Å². The predicted molar refractivity (Wildman–Crippen MR) is 236 cm³/mol. The zero-order chi connectivity index (χ0) is 37.3. The van der Waals surface area contributed by atoms with Crippen LogP contribution in [0.15, 0.2) is 88.6 Å². The normalized spacial score (nSPS) is 15.0. The lowest BCUT2D eigenvalue weighted by Crippen LogP contribution is -2.70. The molecule has 0 bridgehead atoms. The molecule has 0 saturated heterocycles. The van der Waals surface area contributed by atoms with Crippen molar-refractivity contribution in [3.63, 3.8) is 0 Å². The van der Waals surface area contributed by atoms with Crippen molar-refractivity contribution in [2.45, 2.75) is 184 Å². The molecule has 1 heteroatoms. The van der Waals surface area contributed by atoms with E-state index >= 15 is 0 Å². The summed E-state index contributed by atoms with van der Waals surface area (Å²) in [5, 5.41) is 6.59. The summed E-state index contributed by atoms with van der Waals surface area (Å²) in [5.41, 5.74) is 11.0. The minimum atomic E-state index is -2.71. The molecule has 3 aromatic carbocycles. The molecule has 0 fully saturated rings. The minimum absolute atomic E-state index is 0.439. The van der Waals surface area contributed by atoms with Gasteiger partial charge in [-0.05, 0) is 121 Å². The van der Waals surface area contributed by atoms with Crippen molar-refractivity contribution in [3.8, 4) is 0 Å². The molecule has 0 heterocycles. The monoisotopic (exact) mass is 717 g/mol. The molecule has 1 aliphatic carbocycles. The number of benzene rings is 3. The maximum absolute atomic E-state index is 2.73. The highest BCUT2D eigenvalue weighted by Crippen LogP contribution is 2.41. The van der Waals surface area contributed by atoms with Crippen molar-refractivity contribution in [1.82, 2.24) is 0 Å². The summed E-state index contributed by atoms with van der Waals surface area (Å²) in [4.78, 5) is 0. The number of allylic oxidation sites excluding steroid dienone is 4. The van der Waals surface area contributed by atoms with Crippen LogP contribution < -0.4 is 15.6 Å². The Bertz CT molecular complexity index is 1440. The summed E-state index contributed by atoms with van der Waals surface area (Å²) < 4.78 is 0. The van der Waals surface area contributed by atoms with E-state index in [2.05, 4.69) is 122 Å². The minimum Gasteiger partial charge on any atom is -0.0654 e. The van der Waals surface area contributed by atoms with E-state index in [9.17, 15) is 0 Å². The fourth-order valence-corrected chi connectivity index (χ4v) is 15.0. The Morgan fingerprint density at radius 2 is 0.788 bits per heavy atom. The molecular formula is C51H76Si. The Labute approximate surface area is 323 Å². The molecule has 0 aromatic heterocycles. The highest BCUT2D eigenvalue weighted by molar-refractivity contribution is 7.16. The lowest BCUT2D eigenvalue weighted by molar-refractivity contribution is 0.661. The molecule has 3 aromatic rings. The van der Waals surface area contributed by atoms with Crippen molar-refractivity contribution in [2.24, 2.45) is 5.92 Å². The molecular weight excluding hydrogens is 641 g/mol. The topological polar surface area (TPSA) is 0 Å². The summed E-state index contributed by atoms with van der Waals surface area (Å²) in [7, 11) is -2.71. The van der Waals surface area contributed by atoms with Crippen LogP contribution in [0.2, 0.25) is 0 Å². The van der Waals surface area contributed by atoms with Gasteiger partial charge in [-0.3, -0.25) is 0 Å². The van der Waals surface area contributed by atoms with Gasteiger partial charge in [0.2, 0.25) is 0 Å². The highest BCUT2D eigenvalue weighted by Gasteiger charge is 2.48. The van der Waals surface area contributed by atoms with Gasteiger partial charge in [-0.25, -0.2) is 0 Å². The molecule has 1 aliphatic rings. The molecule has 0 amide bonds. The number of rotatable bonds is 24. The molecule has 0 nitrogen and oxygen atoms in total. The summed E-state index contributed by atoms with van der Waals surface area (Å²) in [6.45, 7) is 19.2. The number of unbranched alkanes of at least 4 members (excludes halogenated alkanes) is 12. The second kappa shape index (κ2) is 21.9. The second-order valence-electron chi connectivity index (χ2n) is 16.5. The first-order valence-corrected chi connectivity index (χ1v) is 24.0. The summed E-state index contributed by atoms with van der Waals surface area (Å²) in [5.74, 6) is 0.439. The first-order valence-electron chi connectivity index (χ1n) is 22.0. The summed E-state index contributed by atoms with van der Waals surface area (Å²) in [6, 6.07) is 28.1. The third-order valence-electron chi connectivity index (χ3n) is 12.5. The summed E-state index contributed by atoms with van der Waals surface area (Å²) >= 11 is 0. The fourth-order valence-electron chi connectivity index (χ4n) is 9.18. The van der Waals surface area contributed by atoms with Gasteiger partial charge >= 0.3 is 0 Å². The zero-order valence-electron chi connectivity index (χ0n) is 35.1. The van der Waals surface area contributed by atoms with Crippen LogP contribution in [0.5, 0.6) is 0 Å². The maximum Gasteiger partial charge on any atom is 0.176 e. The highest BCUT2D eigenvalue weighted by atomic mass is 28.3. The standard InChI is InChI=1S/C51H76Si/c1-9-13-17-22-28-44-34-45(29-23-18-14-10-2)37-49(36-44)52(48-32-26-21-27-33-48,51-42(7)40(5)41(6)43(51)8)50-38-46(30-24-19-15-11-3)35-47(39-50)31-25-20-16-12-4/h21,26-27,32-39,42H,9-20,22-25,28-31H2,1-8H3.